The average Bonchev–Trinajstić information content (AvgIpc) is 2.71. The van der Waals surface area contributed by atoms with E-state index in [2.05, 4.69) is 33.1 Å². The second-order valence-electron chi connectivity index (χ2n) is 7.93. The van der Waals surface area contributed by atoms with E-state index in [1.54, 1.807) is 0 Å². The van der Waals surface area contributed by atoms with Crippen molar-refractivity contribution in [3.05, 3.63) is 24.4 Å². The summed E-state index contributed by atoms with van der Waals surface area (Å²) in [5.41, 5.74) is -0.545. The van der Waals surface area contributed by atoms with Crippen molar-refractivity contribution in [2.45, 2.75) is 38.1 Å². The lowest BCUT2D eigenvalue weighted by molar-refractivity contribution is -0.125. The maximum absolute atomic E-state index is 12.7. The van der Waals surface area contributed by atoms with Crippen LogP contribution in [-0.4, -0.2) is 53.5 Å². The minimum Gasteiger partial charge on any atom is -0.353 e. The zero-order valence-electron chi connectivity index (χ0n) is 15.8. The van der Waals surface area contributed by atoms with E-state index in [0.29, 0.717) is 11.9 Å². The van der Waals surface area contributed by atoms with Crippen LogP contribution in [-0.2, 0) is 4.79 Å². The van der Waals surface area contributed by atoms with Gasteiger partial charge in [0.2, 0.25) is 11.9 Å². The summed E-state index contributed by atoms with van der Waals surface area (Å²) in [4.78, 5) is 26.5. The van der Waals surface area contributed by atoms with Gasteiger partial charge in [0, 0.05) is 32.4 Å². The summed E-state index contributed by atoms with van der Waals surface area (Å²) in [5.74, 6) is 1.41. The number of hydrogen-bond donors (Lipinski definition) is 1. The van der Waals surface area contributed by atoms with Crippen molar-refractivity contribution >= 4 is 17.7 Å². The molecule has 1 amide bonds. The van der Waals surface area contributed by atoms with Gasteiger partial charge in [-0.25, -0.2) is 9.98 Å². The summed E-state index contributed by atoms with van der Waals surface area (Å²) in [5, 5.41) is 12.5. The molecule has 4 rings (SSSR count). The quantitative estimate of drug-likeness (QED) is 0.819. The Morgan fingerprint density at radius 2 is 1.89 bits per heavy atom. The molecule has 0 unspecified atom stereocenters. The van der Waals surface area contributed by atoms with Crippen LogP contribution in [0.1, 0.15) is 32.6 Å². The number of anilines is 1. The number of nitriles is 1. The first-order valence-electron chi connectivity index (χ1n) is 9.82. The highest BCUT2D eigenvalue weighted by atomic mass is 16.2. The van der Waals surface area contributed by atoms with E-state index in [1.807, 2.05) is 24.4 Å². The number of piperazine rings is 1. The Kier molecular flexibility index (Phi) is 4.73. The van der Waals surface area contributed by atoms with Gasteiger partial charge in [-0.2, -0.15) is 5.26 Å². The van der Waals surface area contributed by atoms with Gasteiger partial charge in [0.15, 0.2) is 5.92 Å². The lowest BCUT2D eigenvalue weighted by Crippen LogP contribution is -2.61. The normalized spacial score (nSPS) is 31.3. The van der Waals surface area contributed by atoms with Gasteiger partial charge in [0.1, 0.15) is 5.82 Å². The van der Waals surface area contributed by atoms with Crippen LogP contribution in [0, 0.1) is 23.2 Å². The number of carbonyl (C=O) groups is 1. The van der Waals surface area contributed by atoms with Crippen LogP contribution in [0.15, 0.2) is 29.4 Å². The van der Waals surface area contributed by atoms with Crippen LogP contribution in [0.4, 0.5) is 5.82 Å². The van der Waals surface area contributed by atoms with Crippen LogP contribution < -0.4 is 10.2 Å². The van der Waals surface area contributed by atoms with Gasteiger partial charge in [-0.05, 0) is 43.7 Å². The summed E-state index contributed by atoms with van der Waals surface area (Å²) in [6.07, 6.45) is 5.49. The molecule has 1 saturated heterocycles. The van der Waals surface area contributed by atoms with Gasteiger partial charge in [0.05, 0.1) is 11.6 Å². The molecule has 142 valence electrons. The van der Waals surface area contributed by atoms with Crippen molar-refractivity contribution < 1.29 is 4.79 Å². The summed E-state index contributed by atoms with van der Waals surface area (Å²) in [7, 11) is 0. The van der Waals surface area contributed by atoms with Crippen molar-refractivity contribution in [2.24, 2.45) is 16.8 Å². The third kappa shape index (κ3) is 3.36. The Balaban J connectivity index is 1.51. The molecule has 27 heavy (non-hydrogen) atoms. The van der Waals surface area contributed by atoms with Gasteiger partial charge in [-0.15, -0.1) is 0 Å². The van der Waals surface area contributed by atoms with Crippen LogP contribution in [0.25, 0.3) is 0 Å². The SMILES string of the molecule is CC1CCC2(CC1)N=C(N1CCN(c3ccccn3)CC1)NC(=O)[C@H]2C#N. The number of rotatable bonds is 1. The molecule has 1 atom stereocenters. The first kappa shape index (κ1) is 17.8. The molecule has 0 radical (unpaired) electrons. The number of hydrogen-bond acceptors (Lipinski definition) is 6. The van der Waals surface area contributed by atoms with Crippen LogP contribution in [0.5, 0.6) is 0 Å². The predicted octanol–water partition coefficient (Wildman–Crippen LogP) is 1.78. The standard InChI is InChI=1S/C20H26N6O/c1-15-5-7-20(8-6-15)16(14-21)18(27)23-19(24-20)26-12-10-25(11-13-26)17-4-2-3-9-22-17/h2-4,9,15-16H,5-8,10-13H2,1H3,(H,23,24,27)/t15?,16-,20?/m1/s1. The number of guanidine groups is 1. The monoisotopic (exact) mass is 366 g/mol. The van der Waals surface area contributed by atoms with Gasteiger partial charge < -0.3 is 9.80 Å². The summed E-state index contributed by atoms with van der Waals surface area (Å²) < 4.78 is 0. The van der Waals surface area contributed by atoms with Gasteiger partial charge in [-0.1, -0.05) is 13.0 Å². The molecule has 0 bridgehead atoms. The molecule has 2 aliphatic heterocycles. The van der Waals surface area contributed by atoms with E-state index < -0.39 is 11.5 Å². The van der Waals surface area contributed by atoms with Gasteiger partial charge >= 0.3 is 0 Å². The molecule has 3 aliphatic rings. The molecule has 7 heteroatoms. The van der Waals surface area contributed by atoms with E-state index in [4.69, 9.17) is 4.99 Å². The van der Waals surface area contributed by atoms with E-state index in [0.717, 1.165) is 57.7 Å². The first-order chi connectivity index (χ1) is 13.1. The smallest absolute Gasteiger partial charge is 0.246 e. The Morgan fingerprint density at radius 3 is 2.52 bits per heavy atom. The third-order valence-electron chi connectivity index (χ3n) is 6.18. The van der Waals surface area contributed by atoms with Crippen molar-refractivity contribution in [1.82, 2.24) is 15.2 Å². The van der Waals surface area contributed by atoms with Crippen LogP contribution >= 0.6 is 0 Å². The molecule has 0 aromatic carbocycles. The molecule has 1 spiro atoms. The van der Waals surface area contributed by atoms with Crippen molar-refractivity contribution in [1.29, 1.82) is 5.26 Å². The molecular formula is C20H26N6O. The van der Waals surface area contributed by atoms with Gasteiger partial charge in [-0.3, -0.25) is 10.1 Å². The molecule has 1 saturated carbocycles. The number of nitrogens with one attached hydrogen (secondary N) is 1. The zero-order valence-corrected chi connectivity index (χ0v) is 15.8. The molecule has 1 N–H and O–H groups in total. The summed E-state index contributed by atoms with van der Waals surface area (Å²) in [6.45, 7) is 5.45. The minimum absolute atomic E-state index is 0.191. The maximum Gasteiger partial charge on any atom is 0.246 e. The highest BCUT2D eigenvalue weighted by molar-refractivity contribution is 6.02. The van der Waals surface area contributed by atoms with E-state index >= 15 is 0 Å². The average molecular weight is 366 g/mol. The topological polar surface area (TPSA) is 84.6 Å². The number of carbonyl (C=O) groups excluding carboxylic acids is 1. The molecular weight excluding hydrogens is 340 g/mol. The summed E-state index contributed by atoms with van der Waals surface area (Å²) in [6, 6.07) is 8.16. The highest BCUT2D eigenvalue weighted by Gasteiger charge is 2.49. The van der Waals surface area contributed by atoms with E-state index in [-0.39, 0.29) is 5.91 Å². The maximum atomic E-state index is 12.7. The van der Waals surface area contributed by atoms with Gasteiger partial charge in [0.25, 0.3) is 0 Å². The van der Waals surface area contributed by atoms with Crippen molar-refractivity contribution in [3.63, 3.8) is 0 Å². The number of aromatic nitrogens is 1. The fourth-order valence-corrected chi connectivity index (χ4v) is 4.41. The third-order valence-corrected chi connectivity index (χ3v) is 6.18. The van der Waals surface area contributed by atoms with Crippen molar-refractivity contribution in [2.75, 3.05) is 31.1 Å². The number of pyridine rings is 1. The molecule has 2 fully saturated rings. The fourth-order valence-electron chi connectivity index (χ4n) is 4.41. The highest BCUT2D eigenvalue weighted by Crippen LogP contribution is 2.41. The molecule has 1 aromatic heterocycles. The Hall–Kier alpha value is -2.62. The second-order valence-corrected chi connectivity index (χ2v) is 7.93. The predicted molar refractivity (Wildman–Crippen MR) is 103 cm³/mol. The van der Waals surface area contributed by atoms with Crippen LogP contribution in [0.2, 0.25) is 0 Å². The first-order valence-corrected chi connectivity index (χ1v) is 9.82. The molecule has 7 nitrogen and oxygen atoms in total. The number of aliphatic imine (C=N–C) groups is 1. The minimum atomic E-state index is -0.677. The second kappa shape index (κ2) is 7.18. The zero-order chi connectivity index (χ0) is 18.9. The fraction of sp³-hybridized carbons (Fsp3) is 0.600. The Bertz CT molecular complexity index is 754. The molecule has 1 aliphatic carbocycles. The Labute approximate surface area is 160 Å². The molecule has 3 heterocycles. The summed E-state index contributed by atoms with van der Waals surface area (Å²) >= 11 is 0. The van der Waals surface area contributed by atoms with E-state index in [9.17, 15) is 10.1 Å². The van der Waals surface area contributed by atoms with Crippen LogP contribution in [0.3, 0.4) is 0 Å². The lowest BCUT2D eigenvalue weighted by Gasteiger charge is -2.44. The Morgan fingerprint density at radius 1 is 1.19 bits per heavy atom. The lowest BCUT2D eigenvalue weighted by atomic mass is 9.70. The largest absolute Gasteiger partial charge is 0.353 e. The molecule has 1 aromatic rings. The van der Waals surface area contributed by atoms with E-state index in [1.165, 1.54) is 0 Å². The number of nitrogens with zero attached hydrogens (tertiary/aromatic N) is 5. The van der Waals surface area contributed by atoms with Crippen molar-refractivity contribution in [3.8, 4) is 6.07 Å². The number of amides is 1.